The average molecular weight is 702 g/mol. The lowest BCUT2D eigenvalue weighted by atomic mass is 10.00. The van der Waals surface area contributed by atoms with E-state index < -0.39 is 17.8 Å². The first-order valence-electron chi connectivity index (χ1n) is 15.7. The molecule has 0 atom stereocenters. The number of carboxylic acid groups (broad SMARTS) is 1. The van der Waals surface area contributed by atoms with Gasteiger partial charge in [-0.25, -0.2) is 24.4 Å². The van der Waals surface area contributed by atoms with Crippen LogP contribution in [0.1, 0.15) is 44.1 Å². The Morgan fingerprint density at radius 1 is 0.980 bits per heavy atom. The van der Waals surface area contributed by atoms with Gasteiger partial charge in [-0.15, -0.1) is 11.3 Å². The van der Waals surface area contributed by atoms with Crippen LogP contribution >= 0.6 is 22.7 Å². The molecular formula is C35H35N5O7S2. The summed E-state index contributed by atoms with van der Waals surface area (Å²) in [7, 11) is 0. The third kappa shape index (κ3) is 8.64. The first kappa shape index (κ1) is 33.7. The van der Waals surface area contributed by atoms with E-state index in [4.69, 9.17) is 14.2 Å². The molecule has 14 heteroatoms. The van der Waals surface area contributed by atoms with Crippen molar-refractivity contribution in [2.75, 3.05) is 28.7 Å². The van der Waals surface area contributed by atoms with Crippen LogP contribution < -0.4 is 25.0 Å². The molecule has 5 aromatic rings. The number of para-hydroxylation sites is 1. The van der Waals surface area contributed by atoms with Crippen molar-refractivity contribution in [3.8, 4) is 22.2 Å². The minimum absolute atomic E-state index is 0.0270. The number of fused-ring (bicyclic) bond motifs is 2. The second-order valence-corrected chi connectivity index (χ2v) is 14.4. The molecule has 254 valence electrons. The zero-order valence-corrected chi connectivity index (χ0v) is 28.8. The molecule has 0 saturated heterocycles. The minimum atomic E-state index is -1.45. The topological polar surface area (TPSA) is 152 Å². The molecule has 0 fully saturated rings. The summed E-state index contributed by atoms with van der Waals surface area (Å²) in [6.45, 7) is 6.24. The lowest BCUT2D eigenvalue weighted by Gasteiger charge is -2.29. The normalized spacial score (nSPS) is 12.7. The Hall–Kier alpha value is -5.21. The molecule has 12 nitrogen and oxygen atoms in total. The van der Waals surface area contributed by atoms with Gasteiger partial charge >= 0.3 is 18.3 Å². The Bertz CT molecular complexity index is 1970. The van der Waals surface area contributed by atoms with Crippen LogP contribution in [0, 0.1) is 0 Å². The largest absolute Gasteiger partial charge is 0.512 e. The predicted molar refractivity (Wildman–Crippen MR) is 191 cm³/mol. The van der Waals surface area contributed by atoms with E-state index in [1.807, 2.05) is 42.5 Å². The van der Waals surface area contributed by atoms with Crippen LogP contribution in [0.2, 0.25) is 0 Å². The zero-order valence-electron chi connectivity index (χ0n) is 27.1. The number of carbonyl (C=O) groups excluding carboxylic acids is 2. The van der Waals surface area contributed by atoms with Gasteiger partial charge in [0.1, 0.15) is 16.4 Å². The minimum Gasteiger partial charge on any atom is -0.494 e. The summed E-state index contributed by atoms with van der Waals surface area (Å²) in [5.41, 5.74) is 3.31. The maximum atomic E-state index is 13.4. The summed E-state index contributed by atoms with van der Waals surface area (Å²) < 4.78 is 17.3. The first-order valence-corrected chi connectivity index (χ1v) is 17.3. The molecule has 3 heterocycles. The Balaban J connectivity index is 1.13. The fourth-order valence-corrected chi connectivity index (χ4v) is 7.18. The second kappa shape index (κ2) is 14.5. The van der Waals surface area contributed by atoms with Gasteiger partial charge in [-0.1, -0.05) is 41.7 Å². The summed E-state index contributed by atoms with van der Waals surface area (Å²) in [6, 6.07) is 20.3. The molecule has 3 N–H and O–H groups in total. The van der Waals surface area contributed by atoms with E-state index in [9.17, 15) is 19.5 Å². The molecular weight excluding hydrogens is 667 g/mol. The molecule has 0 aliphatic carbocycles. The van der Waals surface area contributed by atoms with Crippen molar-refractivity contribution in [2.24, 2.45) is 0 Å². The number of hydrogen-bond acceptors (Lipinski definition) is 10. The molecule has 0 unspecified atom stereocenters. The summed E-state index contributed by atoms with van der Waals surface area (Å²) in [4.78, 5) is 48.5. The second-order valence-electron chi connectivity index (χ2n) is 12.2. The SMILES string of the molecule is CC(C)(C)OC(=O)Nc1cccc(OCCCc2sc(-c3ccc4c(c3)N(C(=O)Nc3nc5ccccc5s3)CCC4)nc2OC(=O)O)c1. The number of ether oxygens (including phenoxy) is 3. The number of urea groups is 1. The van der Waals surface area contributed by atoms with Crippen molar-refractivity contribution in [1.29, 1.82) is 0 Å². The average Bonchev–Trinajstić information content (AvgIpc) is 3.64. The van der Waals surface area contributed by atoms with Crippen LogP contribution in [0.4, 0.5) is 30.9 Å². The van der Waals surface area contributed by atoms with Gasteiger partial charge in [-0.2, -0.15) is 0 Å². The highest BCUT2D eigenvalue weighted by molar-refractivity contribution is 7.22. The zero-order chi connectivity index (χ0) is 34.5. The molecule has 0 bridgehead atoms. The highest BCUT2D eigenvalue weighted by atomic mass is 32.1. The van der Waals surface area contributed by atoms with E-state index in [0.717, 1.165) is 39.9 Å². The number of nitrogens with zero attached hydrogens (tertiary/aromatic N) is 3. The number of aryl methyl sites for hydroxylation is 2. The number of benzene rings is 3. The number of anilines is 3. The lowest BCUT2D eigenvalue weighted by molar-refractivity contribution is 0.0635. The van der Waals surface area contributed by atoms with E-state index in [0.29, 0.717) is 52.4 Å². The molecule has 1 aliphatic rings. The monoisotopic (exact) mass is 701 g/mol. The van der Waals surface area contributed by atoms with Gasteiger partial charge in [0, 0.05) is 29.5 Å². The van der Waals surface area contributed by atoms with Crippen LogP contribution in [0.25, 0.3) is 20.8 Å². The van der Waals surface area contributed by atoms with Gasteiger partial charge in [-0.3, -0.25) is 15.5 Å². The maximum Gasteiger partial charge on any atom is 0.512 e. The highest BCUT2D eigenvalue weighted by Crippen LogP contribution is 2.38. The van der Waals surface area contributed by atoms with Gasteiger partial charge in [0.25, 0.3) is 0 Å². The molecule has 6 rings (SSSR count). The highest BCUT2D eigenvalue weighted by Gasteiger charge is 2.25. The Morgan fingerprint density at radius 3 is 2.61 bits per heavy atom. The Labute approximate surface area is 290 Å². The summed E-state index contributed by atoms with van der Waals surface area (Å²) in [6.07, 6.45) is 0.646. The van der Waals surface area contributed by atoms with Crippen molar-refractivity contribution in [2.45, 2.75) is 52.1 Å². The molecule has 49 heavy (non-hydrogen) atoms. The van der Waals surface area contributed by atoms with Gasteiger partial charge in [-0.05, 0) is 82.3 Å². The number of amides is 3. The standard InChI is InChI=1S/C35H35N5O7S2/c1-35(2,3)47-33(42)36-23-10-6-11-24(20-23)45-18-8-14-28-29(46-34(43)44)38-30(48-28)22-16-15-21-9-7-17-40(26(21)19-22)32(41)39-31-37-25-12-4-5-13-27(25)49-31/h4-6,10-13,15-16,19-20H,7-9,14,17-18H2,1-3H3,(H,36,42)(H,43,44)(H,37,39,41). The number of carbonyl (C=O) groups is 3. The summed E-state index contributed by atoms with van der Waals surface area (Å²) >= 11 is 2.76. The van der Waals surface area contributed by atoms with Crippen molar-refractivity contribution >= 4 is 67.7 Å². The van der Waals surface area contributed by atoms with E-state index in [2.05, 4.69) is 20.6 Å². The quantitative estimate of drug-likeness (QED) is 0.101. The molecule has 0 saturated carbocycles. The number of aromatic nitrogens is 2. The number of hydrogen-bond donors (Lipinski definition) is 3. The smallest absolute Gasteiger partial charge is 0.494 e. The molecule has 0 spiro atoms. The number of rotatable bonds is 9. The fraction of sp³-hybridized carbons (Fsp3) is 0.286. The third-order valence-electron chi connectivity index (χ3n) is 7.35. The Morgan fingerprint density at radius 2 is 1.82 bits per heavy atom. The van der Waals surface area contributed by atoms with E-state index >= 15 is 0 Å². The molecule has 3 aromatic carbocycles. The van der Waals surface area contributed by atoms with Gasteiger partial charge in [0.2, 0.25) is 5.88 Å². The third-order valence-corrected chi connectivity index (χ3v) is 9.44. The van der Waals surface area contributed by atoms with Crippen LogP contribution in [-0.4, -0.2) is 52.1 Å². The van der Waals surface area contributed by atoms with Crippen LogP contribution in [0.3, 0.4) is 0 Å². The van der Waals surface area contributed by atoms with Crippen molar-refractivity contribution < 1.29 is 33.7 Å². The number of thiazole rings is 2. The molecule has 0 radical (unpaired) electrons. The van der Waals surface area contributed by atoms with Crippen LogP contribution in [0.15, 0.2) is 66.7 Å². The maximum absolute atomic E-state index is 13.4. The Kier molecular flexibility index (Phi) is 9.97. The van der Waals surface area contributed by atoms with Gasteiger partial charge < -0.3 is 19.3 Å². The van der Waals surface area contributed by atoms with Gasteiger partial charge in [0.15, 0.2) is 5.13 Å². The lowest BCUT2D eigenvalue weighted by Crippen LogP contribution is -2.38. The van der Waals surface area contributed by atoms with Crippen LogP contribution in [-0.2, 0) is 17.6 Å². The number of nitrogens with one attached hydrogen (secondary N) is 2. The first-order chi connectivity index (χ1) is 23.5. The molecule has 1 aliphatic heterocycles. The van der Waals surface area contributed by atoms with Crippen molar-refractivity contribution in [3.05, 3.63) is 77.2 Å². The predicted octanol–water partition coefficient (Wildman–Crippen LogP) is 8.82. The van der Waals surface area contributed by atoms with Crippen molar-refractivity contribution in [3.63, 3.8) is 0 Å². The van der Waals surface area contributed by atoms with Crippen molar-refractivity contribution in [1.82, 2.24) is 9.97 Å². The van der Waals surface area contributed by atoms with E-state index in [1.165, 1.54) is 22.7 Å². The fourth-order valence-electron chi connectivity index (χ4n) is 5.29. The summed E-state index contributed by atoms with van der Waals surface area (Å²) in [5.74, 6) is 0.588. The van der Waals surface area contributed by atoms with E-state index in [1.54, 1.807) is 49.9 Å². The molecule has 3 amide bonds. The van der Waals surface area contributed by atoms with Gasteiger partial charge in [0.05, 0.1) is 21.7 Å². The van der Waals surface area contributed by atoms with Crippen LogP contribution in [0.5, 0.6) is 11.6 Å². The summed E-state index contributed by atoms with van der Waals surface area (Å²) in [5, 5.41) is 16.1. The van der Waals surface area contributed by atoms with E-state index in [-0.39, 0.29) is 11.9 Å². The molecule has 2 aromatic heterocycles.